The Morgan fingerprint density at radius 1 is 1.55 bits per heavy atom. The lowest BCUT2D eigenvalue weighted by Crippen LogP contribution is -2.08. The smallest absolute Gasteiger partial charge is 0.467 e. The Balaban J connectivity index is 2.14. The van der Waals surface area contributed by atoms with Crippen molar-refractivity contribution in [1.82, 2.24) is 0 Å². The highest BCUT2D eigenvalue weighted by Gasteiger charge is 2.11. The van der Waals surface area contributed by atoms with Crippen molar-refractivity contribution >= 4 is 7.27 Å². The highest BCUT2D eigenvalue weighted by Crippen LogP contribution is 2.01. The number of rotatable bonds is 4. The molecule has 11 heavy (non-hydrogen) atoms. The predicted octanol–water partition coefficient (Wildman–Crippen LogP) is 1.76. The van der Waals surface area contributed by atoms with Crippen LogP contribution in [0.2, 0.25) is 0 Å². The maximum absolute atomic E-state index is 11.5. The van der Waals surface area contributed by atoms with E-state index in [4.69, 9.17) is 4.42 Å². The molecule has 0 fully saturated rings. The van der Waals surface area contributed by atoms with Crippen LogP contribution in [0.1, 0.15) is 5.76 Å². The minimum absolute atomic E-state index is 0.108. The summed E-state index contributed by atoms with van der Waals surface area (Å²) < 4.78 is 32.5. The molecule has 1 heterocycles. The van der Waals surface area contributed by atoms with Crippen LogP contribution in [0, 0.1) is 0 Å². The molecule has 2 nitrogen and oxygen atoms in total. The van der Waals surface area contributed by atoms with Crippen LogP contribution in [-0.2, 0) is 11.3 Å². The summed E-state index contributed by atoms with van der Waals surface area (Å²) >= 11 is 0. The van der Waals surface area contributed by atoms with Crippen LogP contribution in [-0.4, -0.2) is 13.8 Å². The Bertz CT molecular complexity index is 188. The summed E-state index contributed by atoms with van der Waals surface area (Å²) in [6.45, 7) is -0.432. The van der Waals surface area contributed by atoms with Crippen LogP contribution in [0.3, 0.4) is 0 Å². The van der Waals surface area contributed by atoms with Crippen molar-refractivity contribution in [3.05, 3.63) is 24.2 Å². The minimum atomic E-state index is -2.41. The molecule has 0 unspecified atom stereocenters. The first kappa shape index (κ1) is 8.26. The summed E-state index contributed by atoms with van der Waals surface area (Å²) in [6.07, 6.45) is 1.47. The van der Waals surface area contributed by atoms with E-state index in [0.717, 1.165) is 0 Å². The first-order chi connectivity index (χ1) is 5.29. The molecule has 1 aromatic rings. The molecule has 0 aliphatic rings. The molecule has 0 atom stereocenters. The Morgan fingerprint density at radius 3 is 2.91 bits per heavy atom. The van der Waals surface area contributed by atoms with Gasteiger partial charge in [-0.25, -0.2) is 0 Å². The zero-order chi connectivity index (χ0) is 8.10. The van der Waals surface area contributed by atoms with Gasteiger partial charge in [0, 0.05) is 0 Å². The van der Waals surface area contributed by atoms with Crippen LogP contribution in [0.25, 0.3) is 0 Å². The second-order valence-corrected chi connectivity index (χ2v) is 1.99. The molecule has 1 rings (SSSR count). The van der Waals surface area contributed by atoms with Gasteiger partial charge in [-0.15, -0.1) is 0 Å². The van der Waals surface area contributed by atoms with Gasteiger partial charge in [0.05, 0.1) is 12.8 Å². The highest BCUT2D eigenvalue weighted by molar-refractivity contribution is 6.42. The second kappa shape index (κ2) is 4.13. The Morgan fingerprint density at radius 2 is 2.36 bits per heavy atom. The molecule has 0 saturated carbocycles. The topological polar surface area (TPSA) is 22.4 Å². The van der Waals surface area contributed by atoms with Gasteiger partial charge >= 0.3 is 7.27 Å². The molecule has 5 heteroatoms. The first-order valence-electron chi connectivity index (χ1n) is 3.17. The lowest BCUT2D eigenvalue weighted by atomic mass is 10.0. The molecule has 0 saturated heterocycles. The van der Waals surface area contributed by atoms with E-state index >= 15 is 0 Å². The molecule has 0 radical (unpaired) electrons. The fraction of sp³-hybridized carbons (Fsp3) is 0.333. The van der Waals surface area contributed by atoms with E-state index in [-0.39, 0.29) is 6.61 Å². The zero-order valence-corrected chi connectivity index (χ0v) is 5.80. The van der Waals surface area contributed by atoms with Gasteiger partial charge in [0.2, 0.25) is 0 Å². The third kappa shape index (κ3) is 3.18. The van der Waals surface area contributed by atoms with E-state index in [9.17, 15) is 8.63 Å². The van der Waals surface area contributed by atoms with E-state index in [2.05, 4.69) is 4.74 Å². The maximum Gasteiger partial charge on any atom is 0.563 e. The standard InChI is InChI=1S/C6H7BF2O2/c8-7(9)5-10-4-6-2-1-3-11-6/h1-3H,4-5H2. The molecule has 0 bridgehead atoms. The monoisotopic (exact) mass is 160 g/mol. The number of hydrogen-bond donors (Lipinski definition) is 0. The van der Waals surface area contributed by atoms with Gasteiger partial charge in [-0.2, -0.15) is 0 Å². The van der Waals surface area contributed by atoms with Gasteiger partial charge in [-0.05, 0) is 12.1 Å². The van der Waals surface area contributed by atoms with Crippen molar-refractivity contribution in [2.45, 2.75) is 6.61 Å². The molecular formula is C6H7BF2O2. The first-order valence-corrected chi connectivity index (χ1v) is 3.17. The molecule has 60 valence electrons. The third-order valence-electron chi connectivity index (χ3n) is 1.07. The number of halogens is 2. The van der Waals surface area contributed by atoms with Crippen molar-refractivity contribution < 1.29 is 17.8 Å². The van der Waals surface area contributed by atoms with Crippen LogP contribution in [0.5, 0.6) is 0 Å². The number of hydrogen-bond acceptors (Lipinski definition) is 2. The van der Waals surface area contributed by atoms with E-state index in [1.54, 1.807) is 12.1 Å². The lowest BCUT2D eigenvalue weighted by molar-refractivity contribution is 0.135. The summed E-state index contributed by atoms with van der Waals surface area (Å²) in [7, 11) is -2.41. The summed E-state index contributed by atoms with van der Waals surface area (Å²) in [4.78, 5) is 0. The summed E-state index contributed by atoms with van der Waals surface area (Å²) in [5.41, 5.74) is 0. The maximum atomic E-state index is 11.5. The Kier molecular flexibility index (Phi) is 3.10. The van der Waals surface area contributed by atoms with Gasteiger partial charge in [0.25, 0.3) is 0 Å². The molecule has 0 amide bonds. The second-order valence-electron chi connectivity index (χ2n) is 1.99. The number of ether oxygens (including phenoxy) is 1. The highest BCUT2D eigenvalue weighted by atomic mass is 19.2. The summed E-state index contributed by atoms with van der Waals surface area (Å²) in [5.74, 6) is 0.561. The molecule has 0 spiro atoms. The van der Waals surface area contributed by atoms with Gasteiger partial charge in [0.1, 0.15) is 12.4 Å². The van der Waals surface area contributed by atoms with Crippen molar-refractivity contribution in [2.75, 3.05) is 6.51 Å². The molecular weight excluding hydrogens is 153 g/mol. The van der Waals surface area contributed by atoms with Gasteiger partial charge in [0.15, 0.2) is 0 Å². The summed E-state index contributed by atoms with van der Waals surface area (Å²) in [6, 6.07) is 3.35. The average Bonchev–Trinajstić information content (AvgIpc) is 2.39. The fourth-order valence-corrected chi connectivity index (χ4v) is 0.643. The molecule has 0 N–H and O–H groups in total. The minimum Gasteiger partial charge on any atom is -0.467 e. The van der Waals surface area contributed by atoms with E-state index in [0.29, 0.717) is 5.76 Å². The molecule has 0 aliphatic carbocycles. The van der Waals surface area contributed by atoms with Crippen LogP contribution in [0.15, 0.2) is 22.8 Å². The van der Waals surface area contributed by atoms with Crippen molar-refractivity contribution in [3.63, 3.8) is 0 Å². The molecule has 0 aromatic carbocycles. The quantitative estimate of drug-likeness (QED) is 0.626. The Hall–Kier alpha value is -0.835. The van der Waals surface area contributed by atoms with Crippen LogP contribution < -0.4 is 0 Å². The van der Waals surface area contributed by atoms with E-state index in [1.807, 2.05) is 0 Å². The largest absolute Gasteiger partial charge is 0.563 e. The number of furan rings is 1. The Labute approximate surface area is 63.3 Å². The van der Waals surface area contributed by atoms with Gasteiger partial charge in [-0.1, -0.05) is 0 Å². The van der Waals surface area contributed by atoms with Gasteiger partial charge in [-0.3, -0.25) is 8.63 Å². The molecule has 1 aromatic heterocycles. The summed E-state index contributed by atoms with van der Waals surface area (Å²) in [5, 5.41) is 0. The van der Waals surface area contributed by atoms with Crippen LogP contribution >= 0.6 is 0 Å². The predicted molar refractivity (Wildman–Crippen MR) is 36.3 cm³/mol. The fourth-order valence-electron chi connectivity index (χ4n) is 0.643. The van der Waals surface area contributed by atoms with Crippen molar-refractivity contribution in [1.29, 1.82) is 0 Å². The lowest BCUT2D eigenvalue weighted by Gasteiger charge is -1.96. The zero-order valence-electron chi connectivity index (χ0n) is 5.80. The van der Waals surface area contributed by atoms with Crippen molar-refractivity contribution in [3.8, 4) is 0 Å². The van der Waals surface area contributed by atoms with Crippen LogP contribution in [0.4, 0.5) is 8.63 Å². The average molecular weight is 160 g/mol. The van der Waals surface area contributed by atoms with Crippen molar-refractivity contribution in [2.24, 2.45) is 0 Å². The van der Waals surface area contributed by atoms with E-state index in [1.165, 1.54) is 6.26 Å². The SMILES string of the molecule is FB(F)COCc1ccco1. The van der Waals surface area contributed by atoms with E-state index < -0.39 is 13.8 Å². The normalized spacial score (nSPS) is 10.0. The third-order valence-corrected chi connectivity index (χ3v) is 1.07. The van der Waals surface area contributed by atoms with Gasteiger partial charge < -0.3 is 9.15 Å². The molecule has 0 aliphatic heterocycles.